The SMILES string of the molecule is CCCC1CCC(O)(c2cc(C)ccc2OC)CC1. The Balaban J connectivity index is 2.19. The normalized spacial score (nSPS) is 27.3. The summed E-state index contributed by atoms with van der Waals surface area (Å²) in [6.45, 7) is 4.30. The van der Waals surface area contributed by atoms with E-state index < -0.39 is 5.60 Å². The van der Waals surface area contributed by atoms with E-state index in [4.69, 9.17) is 4.74 Å². The first-order valence-electron chi connectivity index (χ1n) is 7.46. The molecule has 2 rings (SSSR count). The van der Waals surface area contributed by atoms with Crippen molar-refractivity contribution in [2.45, 2.75) is 58.0 Å². The van der Waals surface area contributed by atoms with E-state index in [1.54, 1.807) is 7.11 Å². The van der Waals surface area contributed by atoms with E-state index in [1.165, 1.54) is 18.4 Å². The number of ether oxygens (including phenoxy) is 1. The third kappa shape index (κ3) is 3.11. The Morgan fingerprint density at radius 3 is 2.58 bits per heavy atom. The molecule has 106 valence electrons. The van der Waals surface area contributed by atoms with Crippen LogP contribution in [0.15, 0.2) is 18.2 Å². The van der Waals surface area contributed by atoms with Crippen LogP contribution in [0.25, 0.3) is 0 Å². The molecular weight excluding hydrogens is 236 g/mol. The fourth-order valence-corrected chi connectivity index (χ4v) is 3.31. The lowest BCUT2D eigenvalue weighted by Gasteiger charge is -2.37. The van der Waals surface area contributed by atoms with Crippen LogP contribution in [-0.4, -0.2) is 12.2 Å². The first kappa shape index (κ1) is 14.4. The number of hydrogen-bond donors (Lipinski definition) is 1. The highest BCUT2D eigenvalue weighted by atomic mass is 16.5. The van der Waals surface area contributed by atoms with Crippen LogP contribution in [0.2, 0.25) is 0 Å². The van der Waals surface area contributed by atoms with Crippen LogP contribution >= 0.6 is 0 Å². The molecule has 2 nitrogen and oxygen atoms in total. The predicted octanol–water partition coefficient (Wildman–Crippen LogP) is 4.18. The molecule has 0 bridgehead atoms. The molecule has 0 aliphatic heterocycles. The Labute approximate surface area is 116 Å². The lowest BCUT2D eigenvalue weighted by Crippen LogP contribution is -2.32. The van der Waals surface area contributed by atoms with Crippen LogP contribution in [0.3, 0.4) is 0 Å². The lowest BCUT2D eigenvalue weighted by atomic mass is 9.73. The summed E-state index contributed by atoms with van der Waals surface area (Å²) in [5.41, 5.74) is 1.46. The maximum Gasteiger partial charge on any atom is 0.124 e. The summed E-state index contributed by atoms with van der Waals surface area (Å²) in [7, 11) is 1.68. The quantitative estimate of drug-likeness (QED) is 0.882. The Hall–Kier alpha value is -1.02. The molecule has 0 amide bonds. The molecule has 0 unspecified atom stereocenters. The van der Waals surface area contributed by atoms with Gasteiger partial charge in [-0.3, -0.25) is 0 Å². The molecule has 1 N–H and O–H groups in total. The maximum absolute atomic E-state index is 11.0. The molecule has 1 saturated carbocycles. The van der Waals surface area contributed by atoms with Crippen LogP contribution in [0.4, 0.5) is 0 Å². The van der Waals surface area contributed by atoms with Crippen molar-refractivity contribution >= 4 is 0 Å². The second-order valence-electron chi connectivity index (χ2n) is 5.97. The zero-order valence-electron chi connectivity index (χ0n) is 12.4. The van der Waals surface area contributed by atoms with E-state index >= 15 is 0 Å². The molecule has 0 saturated heterocycles. The molecule has 2 heteroatoms. The number of aryl methyl sites for hydroxylation is 1. The Morgan fingerprint density at radius 2 is 2.00 bits per heavy atom. The van der Waals surface area contributed by atoms with Crippen molar-refractivity contribution in [3.63, 3.8) is 0 Å². The van der Waals surface area contributed by atoms with Gasteiger partial charge < -0.3 is 9.84 Å². The van der Waals surface area contributed by atoms with Crippen molar-refractivity contribution in [1.29, 1.82) is 0 Å². The van der Waals surface area contributed by atoms with Gasteiger partial charge in [-0.2, -0.15) is 0 Å². The molecule has 0 atom stereocenters. The second kappa shape index (κ2) is 5.96. The minimum absolute atomic E-state index is 0.693. The molecular formula is C17H26O2. The fourth-order valence-electron chi connectivity index (χ4n) is 3.31. The lowest BCUT2D eigenvalue weighted by molar-refractivity contribution is -0.0170. The molecule has 0 spiro atoms. The molecule has 0 radical (unpaired) electrons. The van der Waals surface area contributed by atoms with Crippen molar-refractivity contribution in [1.82, 2.24) is 0 Å². The van der Waals surface area contributed by atoms with E-state index in [0.29, 0.717) is 0 Å². The monoisotopic (exact) mass is 262 g/mol. The van der Waals surface area contributed by atoms with Crippen molar-refractivity contribution in [3.05, 3.63) is 29.3 Å². The fraction of sp³-hybridized carbons (Fsp3) is 0.647. The molecule has 1 aliphatic rings. The molecule has 19 heavy (non-hydrogen) atoms. The van der Waals surface area contributed by atoms with Gasteiger partial charge in [0.1, 0.15) is 5.75 Å². The van der Waals surface area contributed by atoms with Gasteiger partial charge in [0.2, 0.25) is 0 Å². The zero-order chi connectivity index (χ0) is 13.9. The van der Waals surface area contributed by atoms with E-state index in [2.05, 4.69) is 19.9 Å². The standard InChI is InChI=1S/C17H26O2/c1-4-5-14-8-10-17(18,11-9-14)15-12-13(2)6-7-16(15)19-3/h6-7,12,14,18H,4-5,8-11H2,1-3H3. The Bertz CT molecular complexity index is 417. The largest absolute Gasteiger partial charge is 0.496 e. The number of benzene rings is 1. The van der Waals surface area contributed by atoms with Crippen LogP contribution in [0.5, 0.6) is 5.75 Å². The molecule has 1 aliphatic carbocycles. The highest BCUT2D eigenvalue weighted by Gasteiger charge is 2.36. The minimum atomic E-state index is -0.693. The van der Waals surface area contributed by atoms with Crippen molar-refractivity contribution in [2.75, 3.05) is 7.11 Å². The summed E-state index contributed by atoms with van der Waals surface area (Å²) in [5, 5.41) is 11.0. The Kier molecular flexibility index (Phi) is 4.51. The van der Waals surface area contributed by atoms with E-state index in [1.807, 2.05) is 12.1 Å². The highest BCUT2D eigenvalue weighted by Crippen LogP contribution is 2.44. The van der Waals surface area contributed by atoms with Gasteiger partial charge in [0.05, 0.1) is 12.7 Å². The van der Waals surface area contributed by atoms with Crippen molar-refractivity contribution in [2.24, 2.45) is 5.92 Å². The Morgan fingerprint density at radius 1 is 1.32 bits per heavy atom. The summed E-state index contributed by atoms with van der Waals surface area (Å²) in [4.78, 5) is 0. The summed E-state index contributed by atoms with van der Waals surface area (Å²) >= 11 is 0. The molecule has 0 heterocycles. The zero-order valence-corrected chi connectivity index (χ0v) is 12.4. The molecule has 1 fully saturated rings. The van der Waals surface area contributed by atoms with Crippen molar-refractivity contribution < 1.29 is 9.84 Å². The third-order valence-corrected chi connectivity index (χ3v) is 4.49. The third-order valence-electron chi connectivity index (χ3n) is 4.49. The summed E-state index contributed by atoms with van der Waals surface area (Å²) in [5.74, 6) is 1.61. The average Bonchev–Trinajstić information content (AvgIpc) is 2.42. The number of methoxy groups -OCH3 is 1. The molecule has 1 aromatic rings. The number of aliphatic hydroxyl groups is 1. The van der Waals surface area contributed by atoms with Crippen LogP contribution in [0, 0.1) is 12.8 Å². The maximum atomic E-state index is 11.0. The van der Waals surface area contributed by atoms with Gasteiger partial charge in [-0.05, 0) is 50.7 Å². The van der Waals surface area contributed by atoms with E-state index in [0.717, 1.165) is 42.9 Å². The number of hydrogen-bond acceptors (Lipinski definition) is 2. The van der Waals surface area contributed by atoms with Gasteiger partial charge in [-0.1, -0.05) is 31.4 Å². The first-order chi connectivity index (χ1) is 9.09. The van der Waals surface area contributed by atoms with Crippen LogP contribution < -0.4 is 4.74 Å². The predicted molar refractivity (Wildman–Crippen MR) is 78.5 cm³/mol. The van der Waals surface area contributed by atoms with Crippen molar-refractivity contribution in [3.8, 4) is 5.75 Å². The van der Waals surface area contributed by atoms with Gasteiger partial charge in [-0.25, -0.2) is 0 Å². The van der Waals surface area contributed by atoms with Crippen LogP contribution in [-0.2, 0) is 5.60 Å². The summed E-state index contributed by atoms with van der Waals surface area (Å²) in [6.07, 6.45) is 6.51. The second-order valence-corrected chi connectivity index (χ2v) is 5.97. The number of rotatable bonds is 4. The average molecular weight is 262 g/mol. The van der Waals surface area contributed by atoms with E-state index in [9.17, 15) is 5.11 Å². The topological polar surface area (TPSA) is 29.5 Å². The summed E-state index contributed by atoms with van der Waals surface area (Å²) in [6, 6.07) is 6.09. The van der Waals surface area contributed by atoms with Gasteiger partial charge in [-0.15, -0.1) is 0 Å². The summed E-state index contributed by atoms with van der Waals surface area (Å²) < 4.78 is 5.43. The minimum Gasteiger partial charge on any atom is -0.496 e. The molecule has 0 aromatic heterocycles. The van der Waals surface area contributed by atoms with Gasteiger partial charge >= 0.3 is 0 Å². The highest BCUT2D eigenvalue weighted by molar-refractivity contribution is 5.41. The smallest absolute Gasteiger partial charge is 0.124 e. The van der Waals surface area contributed by atoms with Gasteiger partial charge in [0.15, 0.2) is 0 Å². The van der Waals surface area contributed by atoms with E-state index in [-0.39, 0.29) is 0 Å². The van der Waals surface area contributed by atoms with Crippen LogP contribution in [0.1, 0.15) is 56.6 Å². The van der Waals surface area contributed by atoms with Gasteiger partial charge in [0.25, 0.3) is 0 Å². The molecule has 1 aromatic carbocycles. The van der Waals surface area contributed by atoms with Gasteiger partial charge in [0, 0.05) is 5.56 Å². The first-order valence-corrected chi connectivity index (χ1v) is 7.46.